The molecule has 4 rings (SSSR count). The summed E-state index contributed by atoms with van der Waals surface area (Å²) in [6, 6.07) is 12.9. The number of carbonyl (C=O) groups is 1. The van der Waals surface area contributed by atoms with Gasteiger partial charge in [-0.3, -0.25) is 15.1 Å². The minimum atomic E-state index is -4.65. The van der Waals surface area contributed by atoms with Crippen LogP contribution in [0.2, 0.25) is 5.02 Å². The van der Waals surface area contributed by atoms with Crippen molar-refractivity contribution < 1.29 is 27.4 Å². The maximum absolute atomic E-state index is 13.0. The van der Waals surface area contributed by atoms with Crippen LogP contribution in [0.3, 0.4) is 0 Å². The molecule has 166 valence electrons. The quantitative estimate of drug-likeness (QED) is 0.478. The lowest BCUT2D eigenvalue weighted by atomic mass is 10.1. The third-order valence-corrected chi connectivity index (χ3v) is 5.03. The Balaban J connectivity index is 1.41. The van der Waals surface area contributed by atoms with Gasteiger partial charge in [-0.05, 0) is 55.6 Å². The van der Waals surface area contributed by atoms with Crippen molar-refractivity contribution in [2.45, 2.75) is 18.5 Å². The number of hydrogen-bond donors (Lipinski definition) is 2. The van der Waals surface area contributed by atoms with Gasteiger partial charge >= 0.3 is 6.18 Å². The monoisotopic (exact) mass is 463 g/mol. The minimum Gasteiger partial charge on any atom is -0.457 e. The highest BCUT2D eigenvalue weighted by atomic mass is 35.5. The zero-order valence-electron chi connectivity index (χ0n) is 16.6. The summed E-state index contributed by atoms with van der Waals surface area (Å²) in [5, 5.41) is 5.09. The highest BCUT2D eigenvalue weighted by Crippen LogP contribution is 2.37. The van der Waals surface area contributed by atoms with E-state index in [4.69, 9.17) is 21.1 Å². The molecule has 1 aromatic heterocycles. The number of likely N-dealkylation sites (N-methyl/N-ethyl adjacent to an activating group) is 1. The van der Waals surface area contributed by atoms with Crippen molar-refractivity contribution in [1.29, 1.82) is 0 Å². The molecular weight excluding hydrogens is 447 g/mol. The molecular formula is C22H17ClF3N3O3. The van der Waals surface area contributed by atoms with Gasteiger partial charge in [0.25, 0.3) is 5.91 Å². The largest absolute Gasteiger partial charge is 0.457 e. The van der Waals surface area contributed by atoms with Gasteiger partial charge in [0.1, 0.15) is 23.8 Å². The number of nitrogens with one attached hydrogen (secondary N) is 2. The molecule has 3 aromatic rings. The topological polar surface area (TPSA) is 75.8 Å². The number of alkyl halides is 3. The summed E-state index contributed by atoms with van der Waals surface area (Å²) in [5.74, 6) is 0.383. The van der Waals surface area contributed by atoms with Crippen LogP contribution in [-0.2, 0) is 10.9 Å². The maximum Gasteiger partial charge on any atom is 0.417 e. The molecule has 6 nitrogen and oxygen atoms in total. The summed E-state index contributed by atoms with van der Waals surface area (Å²) in [6.45, 7) is 0. The summed E-state index contributed by atoms with van der Waals surface area (Å²) < 4.78 is 50.3. The second-order valence-corrected chi connectivity index (χ2v) is 7.36. The number of epoxide rings is 1. The SMILES string of the molecule is CNC1OC1c1cc(Oc2ccc(NC(=O)c3ccc(Cl)c(C(F)(F)F)c3)cc2)ccn1. The lowest BCUT2D eigenvalue weighted by Gasteiger charge is -2.12. The zero-order chi connectivity index (χ0) is 22.9. The molecule has 0 radical (unpaired) electrons. The smallest absolute Gasteiger partial charge is 0.417 e. The molecule has 0 aliphatic carbocycles. The van der Waals surface area contributed by atoms with E-state index in [1.807, 2.05) is 0 Å². The van der Waals surface area contributed by atoms with E-state index in [2.05, 4.69) is 15.6 Å². The van der Waals surface area contributed by atoms with E-state index in [-0.39, 0.29) is 17.9 Å². The molecule has 10 heteroatoms. The van der Waals surface area contributed by atoms with Gasteiger partial charge in [-0.15, -0.1) is 0 Å². The van der Waals surface area contributed by atoms with E-state index in [9.17, 15) is 18.0 Å². The molecule has 1 amide bonds. The summed E-state index contributed by atoms with van der Waals surface area (Å²) >= 11 is 5.60. The Kier molecular flexibility index (Phi) is 6.05. The molecule has 2 atom stereocenters. The Labute approximate surface area is 186 Å². The number of aromatic nitrogens is 1. The second kappa shape index (κ2) is 8.78. The zero-order valence-corrected chi connectivity index (χ0v) is 17.4. The van der Waals surface area contributed by atoms with E-state index in [1.165, 1.54) is 6.07 Å². The van der Waals surface area contributed by atoms with E-state index in [0.717, 1.165) is 17.8 Å². The molecule has 1 aliphatic rings. The van der Waals surface area contributed by atoms with E-state index in [1.54, 1.807) is 49.6 Å². The molecule has 0 bridgehead atoms. The van der Waals surface area contributed by atoms with Gasteiger partial charge in [-0.1, -0.05) is 11.6 Å². The molecule has 1 aliphatic heterocycles. The van der Waals surface area contributed by atoms with Crippen LogP contribution in [0, 0.1) is 0 Å². The number of carbonyl (C=O) groups excluding carboxylic acids is 1. The first-order chi connectivity index (χ1) is 15.2. The third-order valence-electron chi connectivity index (χ3n) is 4.70. The molecule has 0 spiro atoms. The number of pyridine rings is 1. The lowest BCUT2D eigenvalue weighted by Crippen LogP contribution is -2.14. The van der Waals surface area contributed by atoms with Crippen LogP contribution < -0.4 is 15.4 Å². The summed E-state index contributed by atoms with van der Waals surface area (Å²) in [7, 11) is 1.80. The van der Waals surface area contributed by atoms with Crippen molar-refractivity contribution in [3.8, 4) is 11.5 Å². The standard InChI is InChI=1S/C22H17ClF3N3O3/c1-27-21-19(32-21)18-11-15(8-9-28-18)31-14-5-3-13(4-6-14)29-20(30)12-2-7-17(23)16(10-12)22(24,25)26/h2-11,19,21,27H,1H3,(H,29,30). The number of amides is 1. The van der Waals surface area contributed by atoms with Gasteiger partial charge in [-0.2, -0.15) is 13.2 Å². The number of hydrogen-bond acceptors (Lipinski definition) is 5. The number of anilines is 1. The fourth-order valence-electron chi connectivity index (χ4n) is 3.03. The first-order valence-corrected chi connectivity index (χ1v) is 9.87. The van der Waals surface area contributed by atoms with Crippen molar-refractivity contribution in [2.24, 2.45) is 0 Å². The summed E-state index contributed by atoms with van der Waals surface area (Å²) in [6.07, 6.45) is -3.21. The highest BCUT2D eigenvalue weighted by molar-refractivity contribution is 6.31. The highest BCUT2D eigenvalue weighted by Gasteiger charge is 2.40. The molecule has 2 N–H and O–H groups in total. The average Bonchev–Trinajstić information content (AvgIpc) is 3.55. The van der Waals surface area contributed by atoms with Gasteiger partial charge in [0.2, 0.25) is 0 Å². The predicted octanol–water partition coefficient (Wildman–Crippen LogP) is 5.42. The van der Waals surface area contributed by atoms with Gasteiger partial charge in [0, 0.05) is 23.5 Å². The molecule has 1 fully saturated rings. The summed E-state index contributed by atoms with van der Waals surface area (Å²) in [4.78, 5) is 16.6. The van der Waals surface area contributed by atoms with Gasteiger partial charge in [0.15, 0.2) is 0 Å². The minimum absolute atomic E-state index is 0.0616. The first kappa shape index (κ1) is 22.1. The van der Waals surface area contributed by atoms with E-state index < -0.39 is 22.7 Å². The second-order valence-electron chi connectivity index (χ2n) is 6.96. The maximum atomic E-state index is 13.0. The van der Waals surface area contributed by atoms with Crippen LogP contribution in [0.15, 0.2) is 60.8 Å². The van der Waals surface area contributed by atoms with E-state index in [0.29, 0.717) is 17.2 Å². The van der Waals surface area contributed by atoms with Crippen molar-refractivity contribution in [3.05, 3.63) is 82.6 Å². The van der Waals surface area contributed by atoms with Crippen LogP contribution in [-0.4, -0.2) is 24.2 Å². The molecule has 0 saturated carbocycles. The first-order valence-electron chi connectivity index (χ1n) is 9.49. The molecule has 2 heterocycles. The fraction of sp³-hybridized carbons (Fsp3) is 0.182. The number of ether oxygens (including phenoxy) is 2. The fourth-order valence-corrected chi connectivity index (χ4v) is 3.26. The van der Waals surface area contributed by atoms with Crippen LogP contribution in [0.5, 0.6) is 11.5 Å². The summed E-state index contributed by atoms with van der Waals surface area (Å²) in [5.41, 5.74) is -0.0881. The molecule has 1 saturated heterocycles. The number of halogens is 4. The van der Waals surface area contributed by atoms with Crippen LogP contribution >= 0.6 is 11.6 Å². The third kappa shape index (κ3) is 5.01. The molecule has 32 heavy (non-hydrogen) atoms. The van der Waals surface area contributed by atoms with Gasteiger partial charge < -0.3 is 14.8 Å². The Bertz CT molecular complexity index is 1140. The van der Waals surface area contributed by atoms with Crippen molar-refractivity contribution >= 4 is 23.2 Å². The number of rotatable bonds is 6. The molecule has 2 unspecified atom stereocenters. The lowest BCUT2D eigenvalue weighted by molar-refractivity contribution is -0.137. The van der Waals surface area contributed by atoms with Crippen LogP contribution in [0.25, 0.3) is 0 Å². The Morgan fingerprint density at radius 1 is 1.09 bits per heavy atom. The van der Waals surface area contributed by atoms with Crippen molar-refractivity contribution in [3.63, 3.8) is 0 Å². The van der Waals surface area contributed by atoms with Crippen molar-refractivity contribution in [1.82, 2.24) is 10.3 Å². The van der Waals surface area contributed by atoms with Gasteiger partial charge in [0.05, 0.1) is 16.3 Å². The Hall–Kier alpha value is -3.14. The van der Waals surface area contributed by atoms with Crippen LogP contribution in [0.1, 0.15) is 27.7 Å². The van der Waals surface area contributed by atoms with E-state index >= 15 is 0 Å². The number of benzene rings is 2. The molecule has 2 aromatic carbocycles. The van der Waals surface area contributed by atoms with Gasteiger partial charge in [-0.25, -0.2) is 0 Å². The number of nitrogens with zero attached hydrogens (tertiary/aromatic N) is 1. The van der Waals surface area contributed by atoms with Crippen LogP contribution in [0.4, 0.5) is 18.9 Å². The van der Waals surface area contributed by atoms with Crippen molar-refractivity contribution in [2.75, 3.05) is 12.4 Å². The Morgan fingerprint density at radius 2 is 1.84 bits per heavy atom. The normalized spacial score (nSPS) is 17.7. The predicted molar refractivity (Wildman–Crippen MR) is 112 cm³/mol. The average molecular weight is 464 g/mol. The Morgan fingerprint density at radius 3 is 2.50 bits per heavy atom.